The molecule has 1 heterocycles. The van der Waals surface area contributed by atoms with Crippen molar-refractivity contribution in [2.75, 3.05) is 39.8 Å². The molecule has 0 saturated carbocycles. The van der Waals surface area contributed by atoms with Gasteiger partial charge in [0, 0.05) is 25.7 Å². The van der Waals surface area contributed by atoms with Crippen LogP contribution in [0.4, 0.5) is 0 Å². The van der Waals surface area contributed by atoms with Gasteiger partial charge < -0.3 is 10.2 Å². The van der Waals surface area contributed by atoms with Crippen LogP contribution >= 0.6 is 0 Å². The van der Waals surface area contributed by atoms with Crippen LogP contribution in [0.1, 0.15) is 39.5 Å². The number of hydrogen-bond donors (Lipinski definition) is 1. The van der Waals surface area contributed by atoms with Gasteiger partial charge in [-0.2, -0.15) is 0 Å². The summed E-state index contributed by atoms with van der Waals surface area (Å²) in [6.07, 6.45) is 4.51. The Morgan fingerprint density at radius 1 is 1.28 bits per heavy atom. The number of nitrogens with zero attached hydrogens (tertiary/aromatic N) is 2. The number of carbonyl (C=O) groups is 1. The standard InChI is InChI=1S/C14H29N3O/c1-4-9-17(10-5-2)14(18)12-16(3)13-7-6-8-15-11-13/h13,15H,4-12H2,1-3H3. The Bertz CT molecular complexity index is 233. The highest BCUT2D eigenvalue weighted by Crippen LogP contribution is 2.09. The number of rotatable bonds is 7. The van der Waals surface area contributed by atoms with Gasteiger partial charge in [0.25, 0.3) is 0 Å². The first kappa shape index (κ1) is 15.4. The van der Waals surface area contributed by atoms with Gasteiger partial charge in [-0.25, -0.2) is 0 Å². The highest BCUT2D eigenvalue weighted by molar-refractivity contribution is 5.78. The second-order valence-corrected chi connectivity index (χ2v) is 5.30. The van der Waals surface area contributed by atoms with Gasteiger partial charge in [-0.3, -0.25) is 9.69 Å². The SMILES string of the molecule is CCCN(CCC)C(=O)CN(C)C1CCCNC1. The van der Waals surface area contributed by atoms with Crippen molar-refractivity contribution in [1.82, 2.24) is 15.1 Å². The lowest BCUT2D eigenvalue weighted by atomic mass is 10.1. The molecule has 1 aliphatic rings. The molecule has 18 heavy (non-hydrogen) atoms. The molecule has 1 rings (SSSR count). The van der Waals surface area contributed by atoms with Crippen molar-refractivity contribution < 1.29 is 4.79 Å². The third kappa shape index (κ3) is 4.94. The third-order valence-corrected chi connectivity index (χ3v) is 3.62. The van der Waals surface area contributed by atoms with Gasteiger partial charge in [0.15, 0.2) is 0 Å². The van der Waals surface area contributed by atoms with Crippen LogP contribution < -0.4 is 5.32 Å². The van der Waals surface area contributed by atoms with Gasteiger partial charge in [0.2, 0.25) is 5.91 Å². The molecule has 0 aliphatic carbocycles. The van der Waals surface area contributed by atoms with Crippen molar-refractivity contribution in [3.05, 3.63) is 0 Å². The molecule has 0 aromatic rings. The molecule has 0 aromatic heterocycles. The third-order valence-electron chi connectivity index (χ3n) is 3.62. The molecule has 1 N–H and O–H groups in total. The summed E-state index contributed by atoms with van der Waals surface area (Å²) in [5.41, 5.74) is 0. The first-order chi connectivity index (χ1) is 8.69. The Morgan fingerprint density at radius 2 is 1.94 bits per heavy atom. The van der Waals surface area contributed by atoms with E-state index in [1.54, 1.807) is 0 Å². The summed E-state index contributed by atoms with van der Waals surface area (Å²) < 4.78 is 0. The van der Waals surface area contributed by atoms with Gasteiger partial charge in [0.05, 0.1) is 6.54 Å². The van der Waals surface area contributed by atoms with E-state index in [4.69, 9.17) is 0 Å². The molecule has 1 saturated heterocycles. The molecule has 0 bridgehead atoms. The van der Waals surface area contributed by atoms with E-state index in [1.807, 2.05) is 4.90 Å². The van der Waals surface area contributed by atoms with Crippen LogP contribution in [-0.4, -0.2) is 61.5 Å². The smallest absolute Gasteiger partial charge is 0.236 e. The lowest BCUT2D eigenvalue weighted by molar-refractivity contribution is -0.132. The van der Waals surface area contributed by atoms with Crippen molar-refractivity contribution in [1.29, 1.82) is 0 Å². The lowest BCUT2D eigenvalue weighted by Crippen LogP contribution is -2.48. The fraction of sp³-hybridized carbons (Fsp3) is 0.929. The predicted molar refractivity (Wildman–Crippen MR) is 75.7 cm³/mol. The van der Waals surface area contributed by atoms with Crippen molar-refractivity contribution in [3.8, 4) is 0 Å². The van der Waals surface area contributed by atoms with Crippen LogP contribution in [0.25, 0.3) is 0 Å². The average molecular weight is 255 g/mol. The highest BCUT2D eigenvalue weighted by Gasteiger charge is 2.21. The van der Waals surface area contributed by atoms with Crippen LogP contribution in [0.5, 0.6) is 0 Å². The zero-order chi connectivity index (χ0) is 13.4. The Morgan fingerprint density at radius 3 is 2.44 bits per heavy atom. The zero-order valence-electron chi connectivity index (χ0n) is 12.2. The molecule has 4 heteroatoms. The maximum absolute atomic E-state index is 12.2. The van der Waals surface area contributed by atoms with E-state index < -0.39 is 0 Å². The Hall–Kier alpha value is -0.610. The van der Waals surface area contributed by atoms with E-state index in [-0.39, 0.29) is 5.91 Å². The molecular formula is C14H29N3O. The van der Waals surface area contributed by atoms with Crippen LogP contribution in [0.2, 0.25) is 0 Å². The average Bonchev–Trinajstić information content (AvgIpc) is 2.39. The van der Waals surface area contributed by atoms with Gasteiger partial charge in [-0.05, 0) is 39.3 Å². The summed E-state index contributed by atoms with van der Waals surface area (Å²) in [7, 11) is 2.08. The lowest BCUT2D eigenvalue weighted by Gasteiger charge is -2.33. The Kier molecular flexibility index (Phi) is 7.28. The minimum atomic E-state index is 0.284. The van der Waals surface area contributed by atoms with Crippen LogP contribution in [0.3, 0.4) is 0 Å². The van der Waals surface area contributed by atoms with E-state index >= 15 is 0 Å². The summed E-state index contributed by atoms with van der Waals surface area (Å²) in [5, 5.41) is 3.40. The van der Waals surface area contributed by atoms with E-state index in [0.717, 1.165) is 39.0 Å². The maximum atomic E-state index is 12.2. The zero-order valence-corrected chi connectivity index (χ0v) is 12.2. The van der Waals surface area contributed by atoms with Crippen molar-refractivity contribution in [2.45, 2.75) is 45.6 Å². The first-order valence-corrected chi connectivity index (χ1v) is 7.37. The minimum absolute atomic E-state index is 0.284. The summed E-state index contributed by atoms with van der Waals surface area (Å²) in [4.78, 5) is 16.5. The molecule has 1 unspecified atom stereocenters. The number of carbonyl (C=O) groups excluding carboxylic acids is 1. The second-order valence-electron chi connectivity index (χ2n) is 5.30. The highest BCUT2D eigenvalue weighted by atomic mass is 16.2. The molecule has 1 fully saturated rings. The normalized spacial score (nSPS) is 20.1. The number of nitrogens with one attached hydrogen (secondary N) is 1. The topological polar surface area (TPSA) is 35.6 Å². The monoisotopic (exact) mass is 255 g/mol. The number of amides is 1. The Balaban J connectivity index is 2.40. The number of hydrogen-bond acceptors (Lipinski definition) is 3. The molecule has 0 radical (unpaired) electrons. The van der Waals surface area contributed by atoms with Crippen LogP contribution in [0.15, 0.2) is 0 Å². The first-order valence-electron chi connectivity index (χ1n) is 7.37. The fourth-order valence-corrected chi connectivity index (χ4v) is 2.55. The van der Waals surface area contributed by atoms with Gasteiger partial charge in [0.1, 0.15) is 0 Å². The van der Waals surface area contributed by atoms with Gasteiger partial charge >= 0.3 is 0 Å². The van der Waals surface area contributed by atoms with Crippen molar-refractivity contribution >= 4 is 5.91 Å². The molecule has 1 amide bonds. The molecule has 1 atom stereocenters. The summed E-state index contributed by atoms with van der Waals surface area (Å²) in [6, 6.07) is 0.521. The van der Waals surface area contributed by atoms with E-state index in [9.17, 15) is 4.79 Å². The van der Waals surface area contributed by atoms with Crippen LogP contribution in [-0.2, 0) is 4.79 Å². The quantitative estimate of drug-likeness (QED) is 0.745. The molecule has 106 valence electrons. The van der Waals surface area contributed by atoms with E-state index in [2.05, 4.69) is 31.1 Å². The molecule has 0 aromatic carbocycles. The number of piperidine rings is 1. The predicted octanol–water partition coefficient (Wildman–Crippen LogP) is 1.32. The van der Waals surface area contributed by atoms with Crippen molar-refractivity contribution in [2.24, 2.45) is 0 Å². The fourth-order valence-electron chi connectivity index (χ4n) is 2.55. The van der Waals surface area contributed by atoms with Gasteiger partial charge in [-0.1, -0.05) is 13.8 Å². The maximum Gasteiger partial charge on any atom is 0.236 e. The molecule has 0 spiro atoms. The van der Waals surface area contributed by atoms with Crippen LogP contribution in [0, 0.1) is 0 Å². The van der Waals surface area contributed by atoms with E-state index in [0.29, 0.717) is 12.6 Å². The van der Waals surface area contributed by atoms with E-state index in [1.165, 1.54) is 12.8 Å². The summed E-state index contributed by atoms with van der Waals surface area (Å²) in [5.74, 6) is 0.284. The second kappa shape index (κ2) is 8.48. The minimum Gasteiger partial charge on any atom is -0.342 e. The molecular weight excluding hydrogens is 226 g/mol. The number of likely N-dealkylation sites (N-methyl/N-ethyl adjacent to an activating group) is 1. The molecule has 4 nitrogen and oxygen atoms in total. The van der Waals surface area contributed by atoms with Crippen molar-refractivity contribution in [3.63, 3.8) is 0 Å². The largest absolute Gasteiger partial charge is 0.342 e. The summed E-state index contributed by atoms with van der Waals surface area (Å²) >= 11 is 0. The van der Waals surface area contributed by atoms with Gasteiger partial charge in [-0.15, -0.1) is 0 Å². The Labute approximate surface area is 112 Å². The molecule has 1 aliphatic heterocycles. The summed E-state index contributed by atoms with van der Waals surface area (Å²) in [6.45, 7) is 8.75.